The molecule has 0 saturated heterocycles. The fraction of sp³-hybridized carbons (Fsp3) is 0.400. The van der Waals surface area contributed by atoms with E-state index < -0.39 is 0 Å². The number of benzene rings is 1. The zero-order valence-electron chi connectivity index (χ0n) is 7.32. The normalized spacial score (nSPS) is 14.2. The largest absolute Gasteiger partial charge is 0.264 e. The molecule has 0 amide bonds. The smallest absolute Gasteiger partial charge is 0.228 e. The number of nitro groups is 1. The molecule has 0 aromatic heterocycles. The maximum atomic E-state index is 10.3. The van der Waals surface area contributed by atoms with Gasteiger partial charge in [0.2, 0.25) is 6.54 Å². The van der Waals surface area contributed by atoms with Crippen LogP contribution in [0.25, 0.3) is 0 Å². The van der Waals surface area contributed by atoms with Crippen molar-refractivity contribution in [3.05, 3.63) is 45.0 Å². The molecule has 2 rings (SSSR count). The second-order valence-electron chi connectivity index (χ2n) is 3.45. The van der Waals surface area contributed by atoms with Crippen LogP contribution >= 0.6 is 0 Å². The van der Waals surface area contributed by atoms with E-state index in [1.165, 1.54) is 17.5 Å². The van der Waals surface area contributed by atoms with Crippen molar-refractivity contribution in [1.29, 1.82) is 0 Å². The Hall–Kier alpha value is -1.38. The molecule has 0 saturated carbocycles. The lowest BCUT2D eigenvalue weighted by molar-refractivity contribution is -0.496. The predicted octanol–water partition coefficient (Wildman–Crippen LogP) is 1.95. The molecule has 0 heterocycles. The quantitative estimate of drug-likeness (QED) is 0.512. The van der Waals surface area contributed by atoms with Gasteiger partial charge in [0.25, 0.3) is 0 Å². The summed E-state index contributed by atoms with van der Waals surface area (Å²) in [6.45, 7) is -0.0483. The Bertz CT molecular complexity index is 347. The van der Waals surface area contributed by atoms with Crippen molar-refractivity contribution in [3.8, 4) is 0 Å². The van der Waals surface area contributed by atoms with Gasteiger partial charge in [-0.3, -0.25) is 10.1 Å². The van der Waals surface area contributed by atoms with Crippen LogP contribution in [0.4, 0.5) is 0 Å². The highest BCUT2D eigenvalue weighted by molar-refractivity contribution is 5.34. The lowest BCUT2D eigenvalue weighted by atomic mass is 10.1. The van der Waals surface area contributed by atoms with Crippen LogP contribution in [0, 0.1) is 10.1 Å². The maximum Gasteiger partial charge on any atom is 0.228 e. The van der Waals surface area contributed by atoms with Crippen molar-refractivity contribution in [2.75, 3.05) is 0 Å². The number of hydrogen-bond donors (Lipinski definition) is 0. The minimum Gasteiger partial charge on any atom is -0.264 e. The zero-order chi connectivity index (χ0) is 9.26. The molecule has 0 fully saturated rings. The van der Waals surface area contributed by atoms with Gasteiger partial charge in [-0.25, -0.2) is 0 Å². The number of aryl methyl sites for hydroxylation is 2. The van der Waals surface area contributed by atoms with Crippen molar-refractivity contribution in [1.82, 2.24) is 0 Å². The summed E-state index contributed by atoms with van der Waals surface area (Å²) in [5, 5.41) is 10.3. The Morgan fingerprint density at radius 1 is 1.31 bits per heavy atom. The van der Waals surface area contributed by atoms with Crippen LogP contribution in [-0.2, 0) is 19.4 Å². The third kappa shape index (κ3) is 1.69. The molecule has 0 N–H and O–H groups in total. The first-order valence-corrected chi connectivity index (χ1v) is 4.48. The summed E-state index contributed by atoms with van der Waals surface area (Å²) >= 11 is 0. The molecule has 0 atom stereocenters. The molecular formula is C10H11NO2. The highest BCUT2D eigenvalue weighted by Crippen LogP contribution is 2.22. The highest BCUT2D eigenvalue weighted by atomic mass is 16.6. The summed E-state index contributed by atoms with van der Waals surface area (Å²) in [5.41, 5.74) is 3.50. The molecule has 3 nitrogen and oxygen atoms in total. The average molecular weight is 177 g/mol. The molecule has 1 aliphatic rings. The number of rotatable bonds is 2. The second kappa shape index (κ2) is 3.17. The van der Waals surface area contributed by atoms with Gasteiger partial charge in [-0.05, 0) is 36.5 Å². The first-order chi connectivity index (χ1) is 6.25. The molecule has 1 aromatic carbocycles. The first kappa shape index (κ1) is 8.23. The Morgan fingerprint density at radius 3 is 2.85 bits per heavy atom. The molecule has 13 heavy (non-hydrogen) atoms. The first-order valence-electron chi connectivity index (χ1n) is 4.48. The SMILES string of the molecule is O=[N+]([O-])Cc1ccc2c(c1)CCC2. The van der Waals surface area contributed by atoms with Gasteiger partial charge in [0.05, 0.1) is 0 Å². The lowest BCUT2D eigenvalue weighted by Gasteiger charge is -2.00. The van der Waals surface area contributed by atoms with Gasteiger partial charge in [0.1, 0.15) is 0 Å². The van der Waals surface area contributed by atoms with Crippen LogP contribution in [0.2, 0.25) is 0 Å². The van der Waals surface area contributed by atoms with Gasteiger partial charge in [-0.1, -0.05) is 12.1 Å². The standard InChI is InChI=1S/C10H11NO2/c12-11(13)7-8-4-5-9-2-1-3-10(9)6-8/h4-6H,1-3,7H2. The van der Waals surface area contributed by atoms with E-state index in [2.05, 4.69) is 0 Å². The fourth-order valence-electron chi connectivity index (χ4n) is 1.87. The number of fused-ring (bicyclic) bond motifs is 1. The van der Waals surface area contributed by atoms with E-state index in [0.717, 1.165) is 18.4 Å². The predicted molar refractivity (Wildman–Crippen MR) is 49.2 cm³/mol. The summed E-state index contributed by atoms with van der Waals surface area (Å²) in [6, 6.07) is 5.87. The summed E-state index contributed by atoms with van der Waals surface area (Å²) < 4.78 is 0. The maximum absolute atomic E-state index is 10.3. The Labute approximate surface area is 76.5 Å². The minimum absolute atomic E-state index is 0.0483. The van der Waals surface area contributed by atoms with Crippen molar-refractivity contribution in [2.45, 2.75) is 25.8 Å². The van der Waals surface area contributed by atoms with Crippen LogP contribution in [0.15, 0.2) is 18.2 Å². The Balaban J connectivity index is 2.25. The minimum atomic E-state index is -0.281. The molecular weight excluding hydrogens is 166 g/mol. The lowest BCUT2D eigenvalue weighted by Crippen LogP contribution is -1.98. The van der Waals surface area contributed by atoms with Gasteiger partial charge in [-0.2, -0.15) is 0 Å². The highest BCUT2D eigenvalue weighted by Gasteiger charge is 2.12. The van der Waals surface area contributed by atoms with Crippen LogP contribution in [-0.4, -0.2) is 4.92 Å². The third-order valence-corrected chi connectivity index (χ3v) is 2.47. The molecule has 0 aliphatic heterocycles. The molecule has 3 heteroatoms. The summed E-state index contributed by atoms with van der Waals surface area (Å²) in [7, 11) is 0. The molecule has 0 radical (unpaired) electrons. The van der Waals surface area contributed by atoms with E-state index in [0.29, 0.717) is 0 Å². The van der Waals surface area contributed by atoms with Crippen molar-refractivity contribution < 1.29 is 4.92 Å². The van der Waals surface area contributed by atoms with E-state index in [1.807, 2.05) is 18.2 Å². The second-order valence-corrected chi connectivity index (χ2v) is 3.45. The van der Waals surface area contributed by atoms with Crippen molar-refractivity contribution in [3.63, 3.8) is 0 Å². The number of hydrogen-bond acceptors (Lipinski definition) is 2. The van der Waals surface area contributed by atoms with Gasteiger partial charge in [0, 0.05) is 10.5 Å². The van der Waals surface area contributed by atoms with E-state index in [4.69, 9.17) is 0 Å². The Kier molecular flexibility index (Phi) is 2.00. The van der Waals surface area contributed by atoms with E-state index in [-0.39, 0.29) is 11.5 Å². The summed E-state index contributed by atoms with van der Waals surface area (Å²) in [6.07, 6.45) is 3.41. The van der Waals surface area contributed by atoms with E-state index in [9.17, 15) is 10.1 Å². The van der Waals surface area contributed by atoms with Crippen LogP contribution in [0.5, 0.6) is 0 Å². The molecule has 68 valence electrons. The molecule has 0 unspecified atom stereocenters. The topological polar surface area (TPSA) is 43.1 Å². The van der Waals surface area contributed by atoms with Gasteiger partial charge in [-0.15, -0.1) is 0 Å². The van der Waals surface area contributed by atoms with Crippen molar-refractivity contribution in [2.24, 2.45) is 0 Å². The summed E-state index contributed by atoms with van der Waals surface area (Å²) in [5.74, 6) is 0. The molecule has 0 spiro atoms. The summed E-state index contributed by atoms with van der Waals surface area (Å²) in [4.78, 5) is 9.99. The zero-order valence-corrected chi connectivity index (χ0v) is 7.32. The van der Waals surface area contributed by atoms with Crippen molar-refractivity contribution >= 4 is 0 Å². The van der Waals surface area contributed by atoms with Gasteiger partial charge < -0.3 is 0 Å². The van der Waals surface area contributed by atoms with E-state index in [1.54, 1.807) is 0 Å². The van der Waals surface area contributed by atoms with Gasteiger partial charge >= 0.3 is 0 Å². The third-order valence-electron chi connectivity index (χ3n) is 2.47. The Morgan fingerprint density at radius 2 is 2.08 bits per heavy atom. The molecule has 0 bridgehead atoms. The monoisotopic (exact) mass is 177 g/mol. The molecule has 1 aliphatic carbocycles. The molecule has 1 aromatic rings. The van der Waals surface area contributed by atoms with Crippen LogP contribution in [0.1, 0.15) is 23.1 Å². The van der Waals surface area contributed by atoms with Crippen LogP contribution < -0.4 is 0 Å². The van der Waals surface area contributed by atoms with E-state index >= 15 is 0 Å². The van der Waals surface area contributed by atoms with Crippen LogP contribution in [0.3, 0.4) is 0 Å². The van der Waals surface area contributed by atoms with Gasteiger partial charge in [0.15, 0.2) is 0 Å². The number of nitrogens with zero attached hydrogens (tertiary/aromatic N) is 1. The average Bonchev–Trinajstić information content (AvgIpc) is 2.49. The fourth-order valence-corrected chi connectivity index (χ4v) is 1.87.